The molecular formula is C22H18Cl2N2O2. The first-order valence-electron chi connectivity index (χ1n) is 8.65. The molecule has 0 aliphatic heterocycles. The Morgan fingerprint density at radius 3 is 2.21 bits per heavy atom. The average molecular weight is 413 g/mol. The van der Waals surface area contributed by atoms with Crippen molar-refractivity contribution in [3.63, 3.8) is 0 Å². The smallest absolute Gasteiger partial charge is 0.254 e. The number of anilines is 1. The third-order valence-corrected chi connectivity index (χ3v) is 4.52. The number of hydrogen-bond acceptors (Lipinski definition) is 2. The molecule has 0 spiro atoms. The zero-order valence-electron chi connectivity index (χ0n) is 14.9. The van der Waals surface area contributed by atoms with Crippen LogP contribution in [0.25, 0.3) is 0 Å². The van der Waals surface area contributed by atoms with Gasteiger partial charge in [-0.25, -0.2) is 0 Å². The Morgan fingerprint density at radius 2 is 1.54 bits per heavy atom. The van der Waals surface area contributed by atoms with Crippen LogP contribution in [0.2, 0.25) is 10.0 Å². The van der Waals surface area contributed by atoms with E-state index in [9.17, 15) is 9.59 Å². The van der Waals surface area contributed by atoms with Crippen LogP contribution in [-0.4, -0.2) is 23.3 Å². The zero-order valence-corrected chi connectivity index (χ0v) is 16.5. The minimum atomic E-state index is -0.305. The van der Waals surface area contributed by atoms with Gasteiger partial charge in [0.15, 0.2) is 0 Å². The first-order valence-corrected chi connectivity index (χ1v) is 9.41. The highest BCUT2D eigenvalue weighted by atomic mass is 35.5. The van der Waals surface area contributed by atoms with Crippen molar-refractivity contribution in [1.29, 1.82) is 0 Å². The lowest BCUT2D eigenvalue weighted by atomic mass is 10.1. The molecule has 1 N–H and O–H groups in total. The van der Waals surface area contributed by atoms with Gasteiger partial charge < -0.3 is 10.2 Å². The van der Waals surface area contributed by atoms with Crippen molar-refractivity contribution < 1.29 is 9.59 Å². The number of carbonyl (C=O) groups excluding carboxylic acids is 2. The molecular weight excluding hydrogens is 395 g/mol. The van der Waals surface area contributed by atoms with Gasteiger partial charge in [0.1, 0.15) is 6.54 Å². The zero-order chi connectivity index (χ0) is 19.9. The number of nitrogens with zero attached hydrogens (tertiary/aromatic N) is 1. The lowest BCUT2D eigenvalue weighted by Crippen LogP contribution is -2.37. The summed E-state index contributed by atoms with van der Waals surface area (Å²) in [5.41, 5.74) is 1.98. The van der Waals surface area contributed by atoms with Gasteiger partial charge in [0.2, 0.25) is 5.91 Å². The van der Waals surface area contributed by atoms with E-state index in [1.807, 2.05) is 30.3 Å². The number of halogens is 2. The molecule has 6 heteroatoms. The Bertz CT molecular complexity index is 960. The monoisotopic (exact) mass is 412 g/mol. The summed E-state index contributed by atoms with van der Waals surface area (Å²) in [5, 5.41) is 3.85. The number of amides is 2. The van der Waals surface area contributed by atoms with Crippen molar-refractivity contribution >= 4 is 40.7 Å². The molecule has 2 amide bonds. The second kappa shape index (κ2) is 9.40. The van der Waals surface area contributed by atoms with Crippen molar-refractivity contribution in [2.45, 2.75) is 6.54 Å². The van der Waals surface area contributed by atoms with Gasteiger partial charge >= 0.3 is 0 Å². The summed E-state index contributed by atoms with van der Waals surface area (Å²) < 4.78 is 0. The topological polar surface area (TPSA) is 49.4 Å². The van der Waals surface area contributed by atoms with Crippen LogP contribution < -0.4 is 5.32 Å². The number of hydrogen-bond donors (Lipinski definition) is 1. The molecule has 0 fully saturated rings. The van der Waals surface area contributed by atoms with E-state index in [0.29, 0.717) is 27.8 Å². The van der Waals surface area contributed by atoms with Crippen LogP contribution in [0.15, 0.2) is 78.9 Å². The van der Waals surface area contributed by atoms with Crippen LogP contribution in [0.5, 0.6) is 0 Å². The van der Waals surface area contributed by atoms with Gasteiger partial charge in [-0.2, -0.15) is 0 Å². The molecule has 3 aromatic carbocycles. The standard InChI is InChI=1S/C22H18Cl2N2O2/c23-18-11-9-17(10-12-18)22(28)26(14-16-5-2-1-3-6-16)15-21(27)25-20-8-4-7-19(24)13-20/h1-13H,14-15H2,(H,25,27). The molecule has 0 aliphatic carbocycles. The molecule has 0 aromatic heterocycles. The van der Waals surface area contributed by atoms with E-state index in [-0.39, 0.29) is 18.4 Å². The fourth-order valence-corrected chi connectivity index (χ4v) is 3.03. The molecule has 3 aromatic rings. The first kappa shape index (κ1) is 19.9. The molecule has 4 nitrogen and oxygen atoms in total. The van der Waals surface area contributed by atoms with Crippen LogP contribution in [0, 0.1) is 0 Å². The number of nitrogens with one attached hydrogen (secondary N) is 1. The number of carbonyl (C=O) groups is 2. The maximum absolute atomic E-state index is 13.0. The SMILES string of the molecule is O=C(CN(Cc1ccccc1)C(=O)c1ccc(Cl)cc1)Nc1cccc(Cl)c1. The Kier molecular flexibility index (Phi) is 6.69. The van der Waals surface area contributed by atoms with Gasteiger partial charge in [-0.1, -0.05) is 59.6 Å². The number of rotatable bonds is 6. The van der Waals surface area contributed by atoms with Crippen LogP contribution in [0.3, 0.4) is 0 Å². The molecule has 0 atom stereocenters. The van der Waals surface area contributed by atoms with Crippen molar-refractivity contribution in [2.75, 3.05) is 11.9 Å². The summed E-state index contributed by atoms with van der Waals surface area (Å²) in [5.74, 6) is -0.553. The fraction of sp³-hybridized carbons (Fsp3) is 0.0909. The van der Waals surface area contributed by atoms with E-state index in [0.717, 1.165) is 5.56 Å². The molecule has 142 valence electrons. The van der Waals surface area contributed by atoms with Crippen LogP contribution in [0.1, 0.15) is 15.9 Å². The Balaban J connectivity index is 1.78. The molecule has 0 saturated carbocycles. The van der Waals surface area contributed by atoms with Gasteiger partial charge in [-0.15, -0.1) is 0 Å². The van der Waals surface area contributed by atoms with E-state index in [2.05, 4.69) is 5.32 Å². The average Bonchev–Trinajstić information content (AvgIpc) is 2.68. The van der Waals surface area contributed by atoms with Crippen molar-refractivity contribution in [1.82, 2.24) is 4.90 Å². The molecule has 0 aliphatic rings. The van der Waals surface area contributed by atoms with E-state index in [4.69, 9.17) is 23.2 Å². The quantitative estimate of drug-likeness (QED) is 0.598. The van der Waals surface area contributed by atoms with Gasteiger partial charge in [0, 0.05) is 27.8 Å². The Morgan fingerprint density at radius 1 is 0.821 bits per heavy atom. The van der Waals surface area contributed by atoms with Crippen molar-refractivity contribution in [2.24, 2.45) is 0 Å². The largest absolute Gasteiger partial charge is 0.325 e. The summed E-state index contributed by atoms with van der Waals surface area (Å²) in [4.78, 5) is 27.0. The second-order valence-corrected chi connectivity index (χ2v) is 7.09. The molecule has 0 heterocycles. The van der Waals surface area contributed by atoms with Gasteiger partial charge in [0.25, 0.3) is 5.91 Å². The third-order valence-electron chi connectivity index (χ3n) is 4.04. The highest BCUT2D eigenvalue weighted by molar-refractivity contribution is 6.31. The predicted octanol–water partition coefficient (Wildman–Crippen LogP) is 5.27. The first-order chi connectivity index (χ1) is 13.5. The minimum Gasteiger partial charge on any atom is -0.325 e. The summed E-state index contributed by atoms with van der Waals surface area (Å²) in [6, 6.07) is 23.0. The summed E-state index contributed by atoms with van der Waals surface area (Å²) >= 11 is 11.9. The Labute approximate surface area is 173 Å². The summed E-state index contributed by atoms with van der Waals surface area (Å²) in [7, 11) is 0. The maximum Gasteiger partial charge on any atom is 0.254 e. The number of benzene rings is 3. The van der Waals surface area contributed by atoms with Gasteiger partial charge in [-0.3, -0.25) is 9.59 Å². The molecule has 3 rings (SSSR count). The molecule has 0 unspecified atom stereocenters. The highest BCUT2D eigenvalue weighted by Crippen LogP contribution is 2.16. The van der Waals surface area contributed by atoms with E-state index in [1.165, 1.54) is 4.90 Å². The molecule has 0 radical (unpaired) electrons. The minimum absolute atomic E-state index is 0.0944. The van der Waals surface area contributed by atoms with Gasteiger partial charge in [0.05, 0.1) is 0 Å². The summed E-state index contributed by atoms with van der Waals surface area (Å²) in [6.07, 6.45) is 0. The van der Waals surface area contributed by atoms with Crippen LogP contribution in [-0.2, 0) is 11.3 Å². The predicted molar refractivity (Wildman–Crippen MR) is 113 cm³/mol. The van der Waals surface area contributed by atoms with Crippen LogP contribution >= 0.6 is 23.2 Å². The molecule has 28 heavy (non-hydrogen) atoms. The normalized spacial score (nSPS) is 10.4. The Hall–Kier alpha value is -2.82. The molecule has 0 saturated heterocycles. The van der Waals surface area contributed by atoms with E-state index in [1.54, 1.807) is 48.5 Å². The maximum atomic E-state index is 13.0. The third kappa shape index (κ3) is 5.59. The fourth-order valence-electron chi connectivity index (χ4n) is 2.72. The lowest BCUT2D eigenvalue weighted by Gasteiger charge is -2.22. The van der Waals surface area contributed by atoms with Gasteiger partial charge in [-0.05, 0) is 48.0 Å². The summed E-state index contributed by atoms with van der Waals surface area (Å²) in [6.45, 7) is 0.216. The van der Waals surface area contributed by atoms with Crippen LogP contribution in [0.4, 0.5) is 5.69 Å². The van der Waals surface area contributed by atoms with E-state index < -0.39 is 0 Å². The highest BCUT2D eigenvalue weighted by Gasteiger charge is 2.19. The van der Waals surface area contributed by atoms with Crippen molar-refractivity contribution in [3.05, 3.63) is 100 Å². The lowest BCUT2D eigenvalue weighted by molar-refractivity contribution is -0.117. The van der Waals surface area contributed by atoms with Crippen molar-refractivity contribution in [3.8, 4) is 0 Å². The second-order valence-electron chi connectivity index (χ2n) is 6.21. The molecule has 0 bridgehead atoms. The van der Waals surface area contributed by atoms with E-state index >= 15 is 0 Å².